The van der Waals surface area contributed by atoms with Crippen LogP contribution in [0.3, 0.4) is 0 Å². The van der Waals surface area contributed by atoms with Gasteiger partial charge in [-0.25, -0.2) is 8.78 Å². The van der Waals surface area contributed by atoms with Gasteiger partial charge in [0.2, 0.25) is 0 Å². The maximum Gasteiger partial charge on any atom is 0.164 e. The quantitative estimate of drug-likeness (QED) is 0.902. The highest BCUT2D eigenvalue weighted by Gasteiger charge is 2.31. The van der Waals surface area contributed by atoms with Gasteiger partial charge in [0, 0.05) is 15.7 Å². The van der Waals surface area contributed by atoms with Crippen LogP contribution in [0, 0.1) is 18.6 Å². The van der Waals surface area contributed by atoms with Crippen molar-refractivity contribution < 1.29 is 13.9 Å². The highest BCUT2D eigenvalue weighted by Crippen LogP contribution is 2.43. The molecule has 4 heteroatoms. The van der Waals surface area contributed by atoms with E-state index in [2.05, 4.69) is 0 Å². The highest BCUT2D eigenvalue weighted by molar-refractivity contribution is 8.00. The summed E-state index contributed by atoms with van der Waals surface area (Å²) in [6, 6.07) is 10.8. The van der Waals surface area contributed by atoms with E-state index in [9.17, 15) is 13.9 Å². The van der Waals surface area contributed by atoms with Crippen molar-refractivity contribution in [3.05, 3.63) is 64.7 Å². The molecule has 2 aromatic carbocycles. The van der Waals surface area contributed by atoms with Gasteiger partial charge >= 0.3 is 0 Å². The second-order valence-electron chi connectivity index (χ2n) is 5.01. The fourth-order valence-electron chi connectivity index (χ4n) is 2.47. The molecule has 1 nitrogen and oxygen atoms in total. The van der Waals surface area contributed by atoms with Crippen LogP contribution in [0.15, 0.2) is 41.3 Å². The molecule has 104 valence electrons. The second kappa shape index (κ2) is 5.19. The zero-order chi connectivity index (χ0) is 14.3. The minimum atomic E-state index is -1.01. The number of benzene rings is 2. The first-order valence-corrected chi connectivity index (χ1v) is 7.33. The second-order valence-corrected chi connectivity index (χ2v) is 6.29. The molecule has 0 bridgehead atoms. The Balaban J connectivity index is 1.88. The molecule has 20 heavy (non-hydrogen) atoms. The Morgan fingerprint density at radius 2 is 1.90 bits per heavy atom. The Morgan fingerprint density at radius 1 is 1.15 bits per heavy atom. The van der Waals surface area contributed by atoms with Crippen molar-refractivity contribution in [1.82, 2.24) is 0 Å². The number of aliphatic hydroxyl groups excluding tert-OH is 1. The third-order valence-corrected chi connectivity index (χ3v) is 5.03. The van der Waals surface area contributed by atoms with Crippen molar-refractivity contribution >= 4 is 11.8 Å². The van der Waals surface area contributed by atoms with Crippen LogP contribution in [0.2, 0.25) is 0 Å². The summed E-state index contributed by atoms with van der Waals surface area (Å²) in [5, 5.41) is 10.2. The zero-order valence-electron chi connectivity index (χ0n) is 10.9. The summed E-state index contributed by atoms with van der Waals surface area (Å²) in [7, 11) is 0. The predicted octanol–water partition coefficient (Wildman–Crippen LogP) is 4.02. The molecule has 2 aromatic rings. The molecule has 0 aromatic heterocycles. The van der Waals surface area contributed by atoms with Gasteiger partial charge in [0.15, 0.2) is 11.6 Å². The molecule has 0 saturated heterocycles. The molecular weight excluding hydrogens is 278 g/mol. The molecule has 0 aliphatic carbocycles. The van der Waals surface area contributed by atoms with Gasteiger partial charge in [-0.2, -0.15) is 0 Å². The number of thioether (sulfide) groups is 1. The first-order valence-electron chi connectivity index (χ1n) is 6.45. The molecule has 1 aliphatic heterocycles. The van der Waals surface area contributed by atoms with Gasteiger partial charge in [-0.05, 0) is 30.5 Å². The summed E-state index contributed by atoms with van der Waals surface area (Å²) < 4.78 is 27.6. The van der Waals surface area contributed by atoms with E-state index in [0.717, 1.165) is 10.5 Å². The Hall–Kier alpha value is -1.39. The number of halogens is 2. The van der Waals surface area contributed by atoms with E-state index in [1.165, 1.54) is 30.8 Å². The van der Waals surface area contributed by atoms with E-state index in [-0.39, 0.29) is 16.4 Å². The minimum Gasteiger partial charge on any atom is -0.387 e. The van der Waals surface area contributed by atoms with Gasteiger partial charge in [0.05, 0.1) is 6.10 Å². The van der Waals surface area contributed by atoms with E-state index in [1.807, 2.05) is 24.3 Å². The van der Waals surface area contributed by atoms with Crippen LogP contribution in [0.25, 0.3) is 0 Å². The Kier molecular flexibility index (Phi) is 3.52. The molecule has 0 saturated carbocycles. The maximum absolute atomic E-state index is 14.0. The van der Waals surface area contributed by atoms with Crippen molar-refractivity contribution in [1.29, 1.82) is 0 Å². The molecule has 1 aliphatic rings. The predicted molar refractivity (Wildman–Crippen MR) is 75.8 cm³/mol. The SMILES string of the molecule is Cc1ccc(C(O)C2Cc3ccccc3S2)c(F)c1F. The lowest BCUT2D eigenvalue weighted by Crippen LogP contribution is -2.16. The van der Waals surface area contributed by atoms with Gasteiger partial charge < -0.3 is 5.11 Å². The van der Waals surface area contributed by atoms with Crippen molar-refractivity contribution in [2.24, 2.45) is 0 Å². The van der Waals surface area contributed by atoms with Crippen molar-refractivity contribution in [3.8, 4) is 0 Å². The summed E-state index contributed by atoms with van der Waals surface area (Å²) in [6.45, 7) is 1.51. The van der Waals surface area contributed by atoms with Gasteiger partial charge in [-0.15, -0.1) is 11.8 Å². The van der Waals surface area contributed by atoms with Crippen LogP contribution in [-0.2, 0) is 6.42 Å². The Morgan fingerprint density at radius 3 is 2.65 bits per heavy atom. The molecule has 0 radical (unpaired) electrons. The lowest BCUT2D eigenvalue weighted by atomic mass is 9.99. The van der Waals surface area contributed by atoms with Crippen LogP contribution in [0.4, 0.5) is 8.78 Å². The van der Waals surface area contributed by atoms with Crippen LogP contribution >= 0.6 is 11.8 Å². The van der Waals surface area contributed by atoms with E-state index < -0.39 is 17.7 Å². The van der Waals surface area contributed by atoms with E-state index >= 15 is 0 Å². The Labute approximate surface area is 120 Å². The van der Waals surface area contributed by atoms with Crippen LogP contribution in [0.5, 0.6) is 0 Å². The number of hydrogen-bond acceptors (Lipinski definition) is 2. The maximum atomic E-state index is 14.0. The van der Waals surface area contributed by atoms with Crippen LogP contribution in [-0.4, -0.2) is 10.4 Å². The summed E-state index contributed by atoms with van der Waals surface area (Å²) in [4.78, 5) is 1.10. The first-order chi connectivity index (χ1) is 9.58. The molecule has 1 heterocycles. The third kappa shape index (κ3) is 2.23. The highest BCUT2D eigenvalue weighted by atomic mass is 32.2. The van der Waals surface area contributed by atoms with Gasteiger partial charge in [-0.3, -0.25) is 0 Å². The summed E-state index contributed by atoms with van der Waals surface area (Å²) in [5.74, 6) is -1.81. The average molecular weight is 292 g/mol. The third-order valence-electron chi connectivity index (χ3n) is 3.65. The fraction of sp³-hybridized carbons (Fsp3) is 0.250. The number of aliphatic hydroxyl groups is 1. The minimum absolute atomic E-state index is 0.0402. The van der Waals surface area contributed by atoms with E-state index in [0.29, 0.717) is 6.42 Å². The lowest BCUT2D eigenvalue weighted by Gasteiger charge is -2.18. The molecule has 0 spiro atoms. The normalized spacial score (nSPS) is 18.9. The van der Waals surface area contributed by atoms with Crippen molar-refractivity contribution in [2.45, 2.75) is 29.6 Å². The number of aryl methyl sites for hydroxylation is 1. The molecule has 0 amide bonds. The molecular formula is C16H14F2OS. The molecule has 3 rings (SSSR count). The van der Waals surface area contributed by atoms with Gasteiger partial charge in [-0.1, -0.05) is 30.3 Å². The monoisotopic (exact) mass is 292 g/mol. The van der Waals surface area contributed by atoms with Crippen LogP contribution < -0.4 is 0 Å². The largest absolute Gasteiger partial charge is 0.387 e. The number of fused-ring (bicyclic) bond motifs is 1. The molecule has 0 fully saturated rings. The topological polar surface area (TPSA) is 20.2 Å². The standard InChI is InChI=1S/C16H14F2OS/c1-9-6-7-11(15(18)14(9)17)16(19)13-8-10-4-2-3-5-12(10)20-13/h2-7,13,16,19H,8H2,1H3. The lowest BCUT2D eigenvalue weighted by molar-refractivity contribution is 0.169. The average Bonchev–Trinajstić information content (AvgIpc) is 2.88. The number of hydrogen-bond donors (Lipinski definition) is 1. The summed E-state index contributed by atoms with van der Waals surface area (Å²) in [6.07, 6.45) is -0.348. The molecule has 1 N–H and O–H groups in total. The number of rotatable bonds is 2. The molecule has 2 unspecified atom stereocenters. The van der Waals surface area contributed by atoms with Crippen LogP contribution in [0.1, 0.15) is 22.8 Å². The van der Waals surface area contributed by atoms with Crippen molar-refractivity contribution in [3.63, 3.8) is 0 Å². The van der Waals surface area contributed by atoms with Gasteiger partial charge in [0.1, 0.15) is 0 Å². The van der Waals surface area contributed by atoms with Gasteiger partial charge in [0.25, 0.3) is 0 Å². The van der Waals surface area contributed by atoms with E-state index in [4.69, 9.17) is 0 Å². The first kappa shape index (κ1) is 13.6. The Bertz CT molecular complexity index is 632. The fourth-order valence-corrected chi connectivity index (χ4v) is 3.80. The van der Waals surface area contributed by atoms with E-state index in [1.54, 1.807) is 0 Å². The van der Waals surface area contributed by atoms with Crippen molar-refractivity contribution in [2.75, 3.05) is 0 Å². The smallest absolute Gasteiger partial charge is 0.164 e. The summed E-state index contributed by atoms with van der Waals surface area (Å²) >= 11 is 1.52. The summed E-state index contributed by atoms with van der Waals surface area (Å²) in [5.41, 5.74) is 1.44. The zero-order valence-corrected chi connectivity index (χ0v) is 11.8. The molecule has 2 atom stereocenters.